The fraction of sp³-hybridized carbons (Fsp3) is 0.643. The molecule has 1 aromatic rings. The van der Waals surface area contributed by atoms with Crippen molar-refractivity contribution in [1.82, 2.24) is 14.7 Å². The quantitative estimate of drug-likeness (QED) is 0.893. The highest BCUT2D eigenvalue weighted by atomic mass is 16.4. The predicted octanol–water partition coefficient (Wildman–Crippen LogP) is 1.82. The lowest BCUT2D eigenvalue weighted by Crippen LogP contribution is -2.38. The summed E-state index contributed by atoms with van der Waals surface area (Å²) in [4.78, 5) is 24.6. The van der Waals surface area contributed by atoms with Crippen LogP contribution in [0.25, 0.3) is 0 Å². The van der Waals surface area contributed by atoms with Gasteiger partial charge in [0.2, 0.25) is 0 Å². The van der Waals surface area contributed by atoms with Crippen LogP contribution in [0, 0.1) is 5.92 Å². The first-order valence-electron chi connectivity index (χ1n) is 6.67. The Morgan fingerprint density at radius 1 is 1.40 bits per heavy atom. The second kappa shape index (κ2) is 6.07. The van der Waals surface area contributed by atoms with E-state index >= 15 is 0 Å². The Hall–Kier alpha value is -1.85. The third-order valence-corrected chi connectivity index (χ3v) is 2.72. The molecule has 0 atom stereocenters. The largest absolute Gasteiger partial charge is 0.480 e. The van der Waals surface area contributed by atoms with E-state index < -0.39 is 5.97 Å². The minimum atomic E-state index is -1.01. The number of carbonyl (C=O) groups is 2. The van der Waals surface area contributed by atoms with E-state index in [1.165, 1.54) is 11.1 Å². The summed E-state index contributed by atoms with van der Waals surface area (Å²) in [7, 11) is 0. The van der Waals surface area contributed by atoms with Crippen LogP contribution in [0.3, 0.4) is 0 Å². The van der Waals surface area contributed by atoms with Gasteiger partial charge in [0.05, 0.1) is 17.3 Å². The van der Waals surface area contributed by atoms with Crippen LogP contribution in [-0.2, 0) is 10.3 Å². The molecule has 0 aliphatic heterocycles. The van der Waals surface area contributed by atoms with Crippen molar-refractivity contribution >= 4 is 11.9 Å². The van der Waals surface area contributed by atoms with Crippen LogP contribution in [0.5, 0.6) is 0 Å². The van der Waals surface area contributed by atoms with E-state index in [9.17, 15) is 9.59 Å². The molecule has 1 rings (SSSR count). The van der Waals surface area contributed by atoms with Crippen LogP contribution in [-0.4, -0.2) is 44.8 Å². The zero-order chi connectivity index (χ0) is 15.5. The van der Waals surface area contributed by atoms with E-state index in [-0.39, 0.29) is 23.9 Å². The van der Waals surface area contributed by atoms with Crippen LogP contribution in [0.15, 0.2) is 12.4 Å². The highest BCUT2D eigenvalue weighted by Crippen LogP contribution is 2.14. The van der Waals surface area contributed by atoms with Gasteiger partial charge in [-0.05, 0) is 26.7 Å². The van der Waals surface area contributed by atoms with Crippen molar-refractivity contribution < 1.29 is 14.7 Å². The molecule has 1 aromatic heterocycles. The Balaban J connectivity index is 2.94. The molecule has 6 nitrogen and oxygen atoms in total. The molecule has 1 N–H and O–H groups in total. The molecule has 1 heterocycles. The molecule has 0 saturated heterocycles. The smallest absolute Gasteiger partial charge is 0.323 e. The monoisotopic (exact) mass is 281 g/mol. The highest BCUT2D eigenvalue weighted by Gasteiger charge is 2.22. The molecule has 6 heteroatoms. The molecule has 0 aliphatic carbocycles. The van der Waals surface area contributed by atoms with E-state index in [2.05, 4.69) is 5.10 Å². The zero-order valence-corrected chi connectivity index (χ0v) is 12.8. The number of carbonyl (C=O) groups excluding carboxylic acids is 1. The Bertz CT molecular complexity index is 486. The van der Waals surface area contributed by atoms with E-state index in [1.54, 1.807) is 10.9 Å². The van der Waals surface area contributed by atoms with Gasteiger partial charge in [0.25, 0.3) is 5.91 Å². The zero-order valence-electron chi connectivity index (χ0n) is 12.8. The van der Waals surface area contributed by atoms with Gasteiger partial charge in [0.15, 0.2) is 0 Å². The SMILES string of the molecule is CC(C)CN(CC(=O)O)C(=O)c1cnn(C(C)(C)C)c1. The maximum atomic E-state index is 12.4. The molecular weight excluding hydrogens is 258 g/mol. The summed E-state index contributed by atoms with van der Waals surface area (Å²) in [5.41, 5.74) is 0.204. The second-order valence-electron chi connectivity index (χ2n) is 6.32. The minimum absolute atomic E-state index is 0.205. The maximum absolute atomic E-state index is 12.4. The summed E-state index contributed by atoms with van der Waals surface area (Å²) in [6.45, 7) is 9.96. The lowest BCUT2D eigenvalue weighted by molar-refractivity contribution is -0.137. The van der Waals surface area contributed by atoms with Crippen molar-refractivity contribution in [1.29, 1.82) is 0 Å². The van der Waals surface area contributed by atoms with Crippen LogP contribution in [0.1, 0.15) is 45.0 Å². The van der Waals surface area contributed by atoms with Gasteiger partial charge in [0.1, 0.15) is 6.54 Å². The van der Waals surface area contributed by atoms with Crippen molar-refractivity contribution in [3.8, 4) is 0 Å². The molecule has 0 aliphatic rings. The highest BCUT2D eigenvalue weighted by molar-refractivity contribution is 5.95. The average Bonchev–Trinajstić information content (AvgIpc) is 2.74. The molecule has 0 radical (unpaired) electrons. The van der Waals surface area contributed by atoms with Crippen LogP contribution in [0.2, 0.25) is 0 Å². The van der Waals surface area contributed by atoms with Gasteiger partial charge in [-0.3, -0.25) is 14.3 Å². The fourth-order valence-electron chi connectivity index (χ4n) is 1.81. The van der Waals surface area contributed by atoms with Gasteiger partial charge in [-0.1, -0.05) is 13.8 Å². The lowest BCUT2D eigenvalue weighted by atomic mass is 10.1. The number of carboxylic acids is 1. The van der Waals surface area contributed by atoms with Crippen molar-refractivity contribution in [2.75, 3.05) is 13.1 Å². The van der Waals surface area contributed by atoms with Gasteiger partial charge in [-0.25, -0.2) is 0 Å². The average molecular weight is 281 g/mol. The molecule has 0 fully saturated rings. The van der Waals surface area contributed by atoms with Gasteiger partial charge in [-0.2, -0.15) is 5.10 Å². The Kier molecular flexibility index (Phi) is 4.92. The number of amides is 1. The standard InChI is InChI=1S/C14H23N3O3/c1-10(2)7-16(9-12(18)19)13(20)11-6-15-17(8-11)14(3,4)5/h6,8,10H,7,9H2,1-5H3,(H,18,19). The van der Waals surface area contributed by atoms with E-state index in [0.717, 1.165) is 0 Å². The molecule has 0 spiro atoms. The first kappa shape index (κ1) is 16.2. The number of nitrogens with zero attached hydrogens (tertiary/aromatic N) is 3. The first-order chi connectivity index (χ1) is 9.11. The van der Waals surface area contributed by atoms with Gasteiger partial charge >= 0.3 is 5.97 Å². The number of aliphatic carboxylic acids is 1. The summed E-state index contributed by atoms with van der Waals surface area (Å²) in [6, 6.07) is 0. The topological polar surface area (TPSA) is 75.4 Å². The third kappa shape index (κ3) is 4.36. The predicted molar refractivity (Wildman–Crippen MR) is 75.6 cm³/mol. The summed E-state index contributed by atoms with van der Waals surface area (Å²) in [6.07, 6.45) is 3.15. The number of hydrogen-bond donors (Lipinski definition) is 1. The van der Waals surface area contributed by atoms with Crippen molar-refractivity contribution in [2.24, 2.45) is 5.92 Å². The molecule has 1 amide bonds. The molecule has 0 bridgehead atoms. The van der Waals surface area contributed by atoms with Crippen molar-refractivity contribution in [3.63, 3.8) is 0 Å². The Morgan fingerprint density at radius 2 is 2.00 bits per heavy atom. The molecule has 0 unspecified atom stereocenters. The summed E-state index contributed by atoms with van der Waals surface area (Å²) < 4.78 is 1.70. The van der Waals surface area contributed by atoms with E-state index in [4.69, 9.17) is 5.11 Å². The van der Waals surface area contributed by atoms with Crippen molar-refractivity contribution in [2.45, 2.75) is 40.2 Å². The van der Waals surface area contributed by atoms with Crippen molar-refractivity contribution in [3.05, 3.63) is 18.0 Å². The van der Waals surface area contributed by atoms with Gasteiger partial charge < -0.3 is 10.0 Å². The second-order valence-corrected chi connectivity index (χ2v) is 6.32. The Labute approximate surface area is 119 Å². The summed E-state index contributed by atoms with van der Waals surface area (Å²) in [5.74, 6) is -1.10. The number of carboxylic acid groups (broad SMARTS) is 1. The van der Waals surface area contributed by atoms with Gasteiger partial charge in [-0.15, -0.1) is 0 Å². The number of hydrogen-bond acceptors (Lipinski definition) is 3. The molecule has 20 heavy (non-hydrogen) atoms. The van der Waals surface area contributed by atoms with Crippen LogP contribution >= 0.6 is 0 Å². The normalized spacial score (nSPS) is 11.7. The van der Waals surface area contributed by atoms with E-state index in [0.29, 0.717) is 12.1 Å². The minimum Gasteiger partial charge on any atom is -0.480 e. The van der Waals surface area contributed by atoms with Gasteiger partial charge in [0, 0.05) is 12.7 Å². The third-order valence-electron chi connectivity index (χ3n) is 2.72. The fourth-order valence-corrected chi connectivity index (χ4v) is 1.81. The Morgan fingerprint density at radius 3 is 2.40 bits per heavy atom. The molecule has 0 aromatic carbocycles. The van der Waals surface area contributed by atoms with E-state index in [1.807, 2.05) is 34.6 Å². The maximum Gasteiger partial charge on any atom is 0.323 e. The molecule has 112 valence electrons. The molecular formula is C14H23N3O3. The number of aromatic nitrogens is 2. The lowest BCUT2D eigenvalue weighted by Gasteiger charge is -2.22. The number of rotatable bonds is 5. The molecule has 0 saturated carbocycles. The first-order valence-corrected chi connectivity index (χ1v) is 6.67. The van der Waals surface area contributed by atoms with Crippen LogP contribution in [0.4, 0.5) is 0 Å². The summed E-state index contributed by atoms with van der Waals surface area (Å²) in [5, 5.41) is 13.1. The van der Waals surface area contributed by atoms with Crippen LogP contribution < -0.4 is 0 Å². The summed E-state index contributed by atoms with van der Waals surface area (Å²) >= 11 is 0.